The average molecular weight is 669 g/mol. The molecule has 3 aromatic carbocycles. The van der Waals surface area contributed by atoms with Crippen LogP contribution in [0.3, 0.4) is 0 Å². The van der Waals surface area contributed by atoms with Crippen LogP contribution in [-0.2, 0) is 67.2 Å². The number of rotatable bonds is 17. The molecular formula is C37H48O11. The summed E-state index contributed by atoms with van der Waals surface area (Å²) in [5.74, 6) is 0. The summed E-state index contributed by atoms with van der Waals surface area (Å²) in [6, 6.07) is 29.4. The second kappa shape index (κ2) is 18.8. The van der Waals surface area contributed by atoms with Crippen molar-refractivity contribution >= 4 is 0 Å². The first-order valence-corrected chi connectivity index (χ1v) is 16.2. The summed E-state index contributed by atoms with van der Waals surface area (Å²) in [5, 5.41) is 11.4. The molecule has 0 saturated carbocycles. The number of hydrogen-bond acceptors (Lipinski definition) is 11. The summed E-state index contributed by atoms with van der Waals surface area (Å²) in [6.45, 7) is 1.02. The fraction of sp³-hybridized carbons (Fsp3) is 0.514. The molecule has 0 aromatic heterocycles. The van der Waals surface area contributed by atoms with Crippen molar-refractivity contribution in [2.45, 2.75) is 81.2 Å². The molecule has 11 heteroatoms. The highest BCUT2D eigenvalue weighted by molar-refractivity contribution is 5.15. The van der Waals surface area contributed by atoms with E-state index < -0.39 is 61.4 Å². The highest BCUT2D eigenvalue weighted by Gasteiger charge is 2.51. The van der Waals surface area contributed by atoms with Gasteiger partial charge in [-0.25, -0.2) is 0 Å². The summed E-state index contributed by atoms with van der Waals surface area (Å²) < 4.78 is 61.1. The van der Waals surface area contributed by atoms with Crippen LogP contribution in [0.2, 0.25) is 0 Å². The molecule has 262 valence electrons. The summed E-state index contributed by atoms with van der Waals surface area (Å²) in [4.78, 5) is 0. The van der Waals surface area contributed by atoms with Crippen molar-refractivity contribution in [3.05, 3.63) is 108 Å². The highest BCUT2D eigenvalue weighted by atomic mass is 16.7. The van der Waals surface area contributed by atoms with Crippen LogP contribution in [0, 0.1) is 0 Å². The van der Waals surface area contributed by atoms with E-state index in [1.165, 1.54) is 0 Å². The maximum atomic E-state index is 11.4. The largest absolute Gasteiger partial charge is 0.382 e. The number of hydrogen-bond donors (Lipinski definition) is 1. The summed E-state index contributed by atoms with van der Waals surface area (Å²) in [6.07, 6.45) is -7.34. The van der Waals surface area contributed by atoms with E-state index in [1.807, 2.05) is 91.0 Å². The molecule has 2 aliphatic heterocycles. The van der Waals surface area contributed by atoms with E-state index >= 15 is 0 Å². The van der Waals surface area contributed by atoms with Crippen LogP contribution in [0.15, 0.2) is 91.0 Å². The molecule has 2 fully saturated rings. The zero-order valence-electron chi connectivity index (χ0n) is 28.0. The van der Waals surface area contributed by atoms with Crippen molar-refractivity contribution in [3.63, 3.8) is 0 Å². The molecule has 3 aromatic rings. The second-order valence-electron chi connectivity index (χ2n) is 11.8. The van der Waals surface area contributed by atoms with Gasteiger partial charge in [-0.15, -0.1) is 0 Å². The number of aliphatic hydroxyl groups is 1. The Labute approximate surface area is 282 Å². The molecule has 0 radical (unpaired) electrons. The van der Waals surface area contributed by atoms with Crippen molar-refractivity contribution in [3.8, 4) is 0 Å². The average Bonchev–Trinajstić information content (AvgIpc) is 3.13. The van der Waals surface area contributed by atoms with Crippen molar-refractivity contribution in [1.29, 1.82) is 0 Å². The minimum Gasteiger partial charge on any atom is -0.382 e. The van der Waals surface area contributed by atoms with Gasteiger partial charge in [0.2, 0.25) is 0 Å². The van der Waals surface area contributed by atoms with Crippen molar-refractivity contribution in [1.82, 2.24) is 0 Å². The van der Waals surface area contributed by atoms with Gasteiger partial charge >= 0.3 is 0 Å². The zero-order valence-corrected chi connectivity index (χ0v) is 28.0. The molecule has 2 saturated heterocycles. The lowest BCUT2D eigenvalue weighted by molar-refractivity contribution is -0.342. The first-order valence-electron chi connectivity index (χ1n) is 16.2. The molecule has 0 aliphatic carbocycles. The van der Waals surface area contributed by atoms with Crippen LogP contribution in [0.1, 0.15) is 16.7 Å². The fourth-order valence-corrected chi connectivity index (χ4v) is 6.20. The van der Waals surface area contributed by atoms with Crippen LogP contribution in [-0.4, -0.2) is 108 Å². The fourth-order valence-electron chi connectivity index (χ4n) is 6.20. The first-order chi connectivity index (χ1) is 23.6. The molecule has 11 nitrogen and oxygen atoms in total. The maximum absolute atomic E-state index is 11.4. The normalized spacial score (nSPS) is 30.7. The monoisotopic (exact) mass is 668 g/mol. The van der Waals surface area contributed by atoms with Crippen LogP contribution < -0.4 is 0 Å². The van der Waals surface area contributed by atoms with Crippen molar-refractivity contribution in [2.75, 3.05) is 41.7 Å². The predicted molar refractivity (Wildman–Crippen MR) is 175 cm³/mol. The molecule has 2 aliphatic rings. The molecule has 0 bridgehead atoms. The van der Waals surface area contributed by atoms with Crippen LogP contribution in [0.5, 0.6) is 0 Å². The minimum absolute atomic E-state index is 0.0224. The van der Waals surface area contributed by atoms with Crippen LogP contribution in [0.25, 0.3) is 0 Å². The number of methoxy groups -OCH3 is 4. The van der Waals surface area contributed by atoms with Gasteiger partial charge in [0, 0.05) is 28.4 Å². The topological polar surface area (TPSA) is 113 Å². The van der Waals surface area contributed by atoms with Gasteiger partial charge in [0.05, 0.1) is 33.0 Å². The molecule has 10 atom stereocenters. The molecule has 0 unspecified atom stereocenters. The molecule has 5 rings (SSSR count). The standard InChI is InChI=1S/C37H48O11/c1-39-23-28-30(40-2)32(41-3)35(42-4)37(48-28)46-24-29-31(43-20-25-14-8-5-9-15-25)33(44-21-26-16-10-6-11-17-26)34(36(38)47-29)45-22-27-18-12-7-13-19-27/h5-19,28-38H,20-24H2,1-4H3/t28-,29-,30+,31+,32+,33+,34-,35-,36-,37-/m1/s1. The number of benzene rings is 3. The third kappa shape index (κ3) is 9.46. The third-order valence-corrected chi connectivity index (χ3v) is 8.63. The van der Waals surface area contributed by atoms with Gasteiger partial charge in [0.25, 0.3) is 0 Å². The molecule has 0 amide bonds. The van der Waals surface area contributed by atoms with Crippen molar-refractivity contribution in [2.24, 2.45) is 0 Å². The lowest BCUT2D eigenvalue weighted by Crippen LogP contribution is -2.63. The first kappa shape index (κ1) is 36.5. The smallest absolute Gasteiger partial charge is 0.187 e. The SMILES string of the molecule is COC[C@H]1O[C@@H](OC[C@H]2O[C@@H](O)[C@H](OCc3ccccc3)[C@@H](OCc3ccccc3)[C@H]2OCc2ccccc2)[C@H](OC)[C@@H](OC)[C@H]1OC. The van der Waals surface area contributed by atoms with E-state index in [-0.39, 0.29) is 33.0 Å². The lowest BCUT2D eigenvalue weighted by atomic mass is 9.97. The Hall–Kier alpha value is -2.78. The summed E-state index contributed by atoms with van der Waals surface area (Å²) in [5.41, 5.74) is 2.89. The predicted octanol–water partition coefficient (Wildman–Crippen LogP) is 3.89. The van der Waals surface area contributed by atoms with Gasteiger partial charge in [0.15, 0.2) is 12.6 Å². The second-order valence-corrected chi connectivity index (χ2v) is 11.8. The Kier molecular flexibility index (Phi) is 14.3. The highest BCUT2D eigenvalue weighted by Crippen LogP contribution is 2.32. The van der Waals surface area contributed by atoms with E-state index in [0.29, 0.717) is 0 Å². The van der Waals surface area contributed by atoms with E-state index in [9.17, 15) is 5.11 Å². The Bertz CT molecular complexity index is 1300. The number of ether oxygens (including phenoxy) is 10. The van der Waals surface area contributed by atoms with E-state index in [4.69, 9.17) is 47.4 Å². The van der Waals surface area contributed by atoms with Gasteiger partial charge in [-0.2, -0.15) is 0 Å². The summed E-state index contributed by atoms with van der Waals surface area (Å²) >= 11 is 0. The van der Waals surface area contributed by atoms with Crippen LogP contribution >= 0.6 is 0 Å². The Morgan fingerprint density at radius 2 is 0.938 bits per heavy atom. The van der Waals surface area contributed by atoms with Gasteiger partial charge < -0.3 is 52.5 Å². The molecular weight excluding hydrogens is 620 g/mol. The van der Waals surface area contributed by atoms with Gasteiger partial charge in [-0.3, -0.25) is 0 Å². The number of aliphatic hydroxyl groups excluding tert-OH is 1. The van der Waals surface area contributed by atoms with E-state index in [2.05, 4.69) is 0 Å². The molecule has 48 heavy (non-hydrogen) atoms. The molecule has 0 spiro atoms. The van der Waals surface area contributed by atoms with E-state index in [1.54, 1.807) is 28.4 Å². The third-order valence-electron chi connectivity index (χ3n) is 8.63. The van der Waals surface area contributed by atoms with Gasteiger partial charge in [-0.05, 0) is 16.7 Å². The minimum atomic E-state index is -1.34. The zero-order chi connectivity index (χ0) is 33.7. The quantitative estimate of drug-likeness (QED) is 0.226. The van der Waals surface area contributed by atoms with E-state index in [0.717, 1.165) is 16.7 Å². The maximum Gasteiger partial charge on any atom is 0.187 e. The molecule has 1 N–H and O–H groups in total. The summed E-state index contributed by atoms with van der Waals surface area (Å²) in [7, 11) is 6.34. The Balaban J connectivity index is 1.40. The molecule has 2 heterocycles. The Morgan fingerprint density at radius 3 is 1.42 bits per heavy atom. The van der Waals surface area contributed by atoms with Gasteiger partial charge in [-0.1, -0.05) is 91.0 Å². The van der Waals surface area contributed by atoms with Crippen LogP contribution in [0.4, 0.5) is 0 Å². The Morgan fingerprint density at radius 1 is 0.479 bits per heavy atom. The van der Waals surface area contributed by atoms with Gasteiger partial charge in [0.1, 0.15) is 48.8 Å². The van der Waals surface area contributed by atoms with Crippen molar-refractivity contribution < 1.29 is 52.5 Å². The lowest BCUT2D eigenvalue weighted by Gasteiger charge is -2.46.